The Balaban J connectivity index is 1.94. The number of ether oxygens (including phenoxy) is 2. The molecule has 0 radical (unpaired) electrons. The average Bonchev–Trinajstić information content (AvgIpc) is 2.65. The van der Waals surface area contributed by atoms with E-state index in [2.05, 4.69) is 10.6 Å². The summed E-state index contributed by atoms with van der Waals surface area (Å²) in [4.78, 5) is 24.1. The molecule has 0 aromatic heterocycles. The number of benzene rings is 2. The zero-order valence-electron chi connectivity index (χ0n) is 15.2. The molecule has 0 saturated heterocycles. The third kappa shape index (κ3) is 4.72. The largest absolute Gasteiger partial charge is 0.496 e. The summed E-state index contributed by atoms with van der Waals surface area (Å²) in [6.07, 6.45) is 0. The van der Waals surface area contributed by atoms with E-state index in [4.69, 9.17) is 9.47 Å². The van der Waals surface area contributed by atoms with Crippen LogP contribution >= 0.6 is 0 Å². The highest BCUT2D eigenvalue weighted by molar-refractivity contribution is 5.96. The second kappa shape index (κ2) is 8.98. The van der Waals surface area contributed by atoms with Crippen molar-refractivity contribution >= 4 is 11.8 Å². The Hall–Kier alpha value is -3.16. The van der Waals surface area contributed by atoms with E-state index in [1.807, 2.05) is 0 Å². The van der Waals surface area contributed by atoms with Crippen LogP contribution in [-0.4, -0.2) is 39.1 Å². The number of methoxy groups -OCH3 is 2. The van der Waals surface area contributed by atoms with Crippen LogP contribution in [0.5, 0.6) is 11.5 Å². The van der Waals surface area contributed by atoms with E-state index in [1.165, 1.54) is 20.3 Å². The summed E-state index contributed by atoms with van der Waals surface area (Å²) in [5.41, 5.74) is 0.424. The molecule has 2 aromatic rings. The lowest BCUT2D eigenvalue weighted by Gasteiger charge is -2.13. The number of halogens is 2. The Bertz CT molecular complexity index is 810. The first-order valence-corrected chi connectivity index (χ1v) is 8.12. The SMILES string of the molecule is COc1cc(C(=O)NCCNC(=O)c2c(F)cccc2F)cc(OC)c1C. The van der Waals surface area contributed by atoms with Gasteiger partial charge in [-0.2, -0.15) is 0 Å². The van der Waals surface area contributed by atoms with Crippen molar-refractivity contribution in [2.24, 2.45) is 0 Å². The van der Waals surface area contributed by atoms with Crippen molar-refractivity contribution < 1.29 is 27.8 Å². The van der Waals surface area contributed by atoms with Crippen LogP contribution in [0.2, 0.25) is 0 Å². The van der Waals surface area contributed by atoms with E-state index >= 15 is 0 Å². The molecule has 0 spiro atoms. The molecule has 0 heterocycles. The van der Waals surface area contributed by atoms with Crippen molar-refractivity contribution in [3.63, 3.8) is 0 Å². The molecule has 0 aliphatic rings. The first-order valence-electron chi connectivity index (χ1n) is 8.12. The minimum atomic E-state index is -0.949. The zero-order chi connectivity index (χ0) is 20.0. The highest BCUT2D eigenvalue weighted by atomic mass is 19.1. The first kappa shape index (κ1) is 20.2. The lowest BCUT2D eigenvalue weighted by atomic mass is 10.1. The van der Waals surface area contributed by atoms with Crippen LogP contribution in [0.4, 0.5) is 8.78 Å². The molecular formula is C19H20F2N2O4. The second-order valence-corrected chi connectivity index (χ2v) is 5.61. The van der Waals surface area contributed by atoms with Gasteiger partial charge >= 0.3 is 0 Å². The summed E-state index contributed by atoms with van der Waals surface area (Å²) in [6.45, 7) is 1.87. The molecule has 0 fully saturated rings. The maximum Gasteiger partial charge on any atom is 0.257 e. The second-order valence-electron chi connectivity index (χ2n) is 5.61. The molecular weight excluding hydrogens is 358 g/mol. The van der Waals surface area contributed by atoms with Gasteiger partial charge in [-0.05, 0) is 31.2 Å². The van der Waals surface area contributed by atoms with Crippen molar-refractivity contribution in [2.45, 2.75) is 6.92 Å². The predicted octanol–water partition coefficient (Wildman–Crippen LogP) is 2.45. The van der Waals surface area contributed by atoms with E-state index < -0.39 is 29.0 Å². The topological polar surface area (TPSA) is 76.7 Å². The highest BCUT2D eigenvalue weighted by Crippen LogP contribution is 2.29. The van der Waals surface area contributed by atoms with Gasteiger partial charge in [-0.3, -0.25) is 9.59 Å². The molecule has 2 amide bonds. The fourth-order valence-electron chi connectivity index (χ4n) is 2.47. The standard InChI is InChI=1S/C19H20F2N2O4/c1-11-15(26-2)9-12(10-16(11)27-3)18(24)22-7-8-23-19(25)17-13(20)5-4-6-14(17)21/h4-6,9-10H,7-8H2,1-3H3,(H,22,24)(H,23,25). The molecule has 27 heavy (non-hydrogen) atoms. The maximum atomic E-state index is 13.5. The predicted molar refractivity (Wildman–Crippen MR) is 95.3 cm³/mol. The van der Waals surface area contributed by atoms with Gasteiger partial charge in [0.25, 0.3) is 11.8 Å². The Kier molecular flexibility index (Phi) is 6.70. The molecule has 0 saturated carbocycles. The third-order valence-corrected chi connectivity index (χ3v) is 3.90. The number of amides is 2. The summed E-state index contributed by atoms with van der Waals surface area (Å²) in [6, 6.07) is 6.31. The molecule has 0 atom stereocenters. The van der Waals surface area contributed by atoms with Gasteiger partial charge in [0, 0.05) is 24.2 Å². The van der Waals surface area contributed by atoms with Gasteiger partial charge in [-0.25, -0.2) is 8.78 Å². The van der Waals surface area contributed by atoms with Gasteiger partial charge in [0.15, 0.2) is 0 Å². The van der Waals surface area contributed by atoms with Gasteiger partial charge in [0.05, 0.1) is 14.2 Å². The van der Waals surface area contributed by atoms with Gasteiger partial charge in [-0.15, -0.1) is 0 Å². The summed E-state index contributed by atoms with van der Waals surface area (Å²) in [5, 5.41) is 4.96. The minimum Gasteiger partial charge on any atom is -0.496 e. The first-order chi connectivity index (χ1) is 12.9. The normalized spacial score (nSPS) is 10.3. The zero-order valence-corrected chi connectivity index (χ0v) is 15.2. The smallest absolute Gasteiger partial charge is 0.257 e. The van der Waals surface area contributed by atoms with Crippen LogP contribution in [0.3, 0.4) is 0 Å². The monoisotopic (exact) mass is 378 g/mol. The number of carbonyl (C=O) groups is 2. The van der Waals surface area contributed by atoms with E-state index in [9.17, 15) is 18.4 Å². The Labute approximate surface area is 155 Å². The number of hydrogen-bond acceptors (Lipinski definition) is 4. The van der Waals surface area contributed by atoms with E-state index in [-0.39, 0.29) is 13.1 Å². The molecule has 0 unspecified atom stereocenters. The molecule has 2 aromatic carbocycles. The molecule has 6 nitrogen and oxygen atoms in total. The Morgan fingerprint density at radius 3 is 1.89 bits per heavy atom. The van der Waals surface area contributed by atoms with E-state index in [1.54, 1.807) is 19.1 Å². The van der Waals surface area contributed by atoms with Crippen molar-refractivity contribution in [3.05, 3.63) is 58.7 Å². The lowest BCUT2D eigenvalue weighted by molar-refractivity contribution is 0.0922. The molecule has 144 valence electrons. The van der Waals surface area contributed by atoms with Crippen LogP contribution in [0.15, 0.2) is 30.3 Å². The molecule has 2 rings (SSSR count). The van der Waals surface area contributed by atoms with E-state index in [0.717, 1.165) is 17.7 Å². The molecule has 0 aliphatic carbocycles. The maximum absolute atomic E-state index is 13.5. The summed E-state index contributed by atoms with van der Waals surface area (Å²) < 4.78 is 37.5. The summed E-state index contributed by atoms with van der Waals surface area (Å²) >= 11 is 0. The van der Waals surface area contributed by atoms with E-state index in [0.29, 0.717) is 17.1 Å². The van der Waals surface area contributed by atoms with Crippen molar-refractivity contribution in [1.29, 1.82) is 0 Å². The highest BCUT2D eigenvalue weighted by Gasteiger charge is 2.17. The molecule has 2 N–H and O–H groups in total. The minimum absolute atomic E-state index is 0.00151. The van der Waals surface area contributed by atoms with Gasteiger partial charge < -0.3 is 20.1 Å². The van der Waals surface area contributed by atoms with Crippen molar-refractivity contribution in [1.82, 2.24) is 10.6 Å². The van der Waals surface area contributed by atoms with Crippen LogP contribution in [-0.2, 0) is 0 Å². The Morgan fingerprint density at radius 2 is 1.41 bits per heavy atom. The van der Waals surface area contributed by atoms with Crippen LogP contribution in [0.25, 0.3) is 0 Å². The lowest BCUT2D eigenvalue weighted by Crippen LogP contribution is -2.35. The van der Waals surface area contributed by atoms with Crippen molar-refractivity contribution in [2.75, 3.05) is 27.3 Å². The number of hydrogen-bond donors (Lipinski definition) is 2. The number of nitrogens with one attached hydrogen (secondary N) is 2. The number of carbonyl (C=O) groups excluding carboxylic acids is 2. The molecule has 0 aliphatic heterocycles. The fraction of sp³-hybridized carbons (Fsp3) is 0.263. The van der Waals surface area contributed by atoms with Gasteiger partial charge in [0.1, 0.15) is 28.7 Å². The van der Waals surface area contributed by atoms with Crippen LogP contribution < -0.4 is 20.1 Å². The van der Waals surface area contributed by atoms with Crippen LogP contribution in [0, 0.1) is 18.6 Å². The molecule has 8 heteroatoms. The quantitative estimate of drug-likeness (QED) is 0.726. The fourth-order valence-corrected chi connectivity index (χ4v) is 2.47. The van der Waals surface area contributed by atoms with Gasteiger partial charge in [-0.1, -0.05) is 6.07 Å². The van der Waals surface area contributed by atoms with Gasteiger partial charge in [0.2, 0.25) is 0 Å². The average molecular weight is 378 g/mol. The van der Waals surface area contributed by atoms with Crippen LogP contribution in [0.1, 0.15) is 26.3 Å². The summed E-state index contributed by atoms with van der Waals surface area (Å²) in [5.74, 6) is -2.19. The third-order valence-electron chi connectivity index (χ3n) is 3.90. The molecule has 0 bridgehead atoms. The Morgan fingerprint density at radius 1 is 0.926 bits per heavy atom. The number of rotatable bonds is 7. The van der Waals surface area contributed by atoms with Crippen molar-refractivity contribution in [3.8, 4) is 11.5 Å². The summed E-state index contributed by atoms with van der Waals surface area (Å²) in [7, 11) is 2.97.